The van der Waals surface area contributed by atoms with E-state index in [1.165, 1.54) is 48.5 Å². The molecule has 0 spiro atoms. The van der Waals surface area contributed by atoms with Crippen molar-refractivity contribution >= 4 is 27.4 Å². The molecule has 0 aliphatic heterocycles. The highest BCUT2D eigenvalue weighted by Crippen LogP contribution is 2.24. The second kappa shape index (κ2) is 9.70. The van der Waals surface area contributed by atoms with Crippen LogP contribution in [0.4, 0.5) is 0 Å². The Morgan fingerprint density at radius 3 is 2.19 bits per heavy atom. The van der Waals surface area contributed by atoms with Gasteiger partial charge in [-0.2, -0.15) is 0 Å². The van der Waals surface area contributed by atoms with Crippen molar-refractivity contribution in [3.8, 4) is 5.75 Å². The lowest BCUT2D eigenvalue weighted by Crippen LogP contribution is -2.41. The zero-order chi connectivity index (χ0) is 23.4. The summed E-state index contributed by atoms with van der Waals surface area (Å²) in [6, 6.07) is 17.8. The van der Waals surface area contributed by atoms with Gasteiger partial charge >= 0.3 is 5.97 Å². The number of benzene rings is 3. The van der Waals surface area contributed by atoms with Crippen molar-refractivity contribution in [2.24, 2.45) is 0 Å². The summed E-state index contributed by atoms with van der Waals surface area (Å²) in [6.07, 6.45) is 0. The molecule has 0 unspecified atom stereocenters. The number of hydrogen-bond donors (Lipinski definition) is 3. The number of carbonyl (C=O) groups is 1. The summed E-state index contributed by atoms with van der Waals surface area (Å²) in [4.78, 5) is 11.0. The summed E-state index contributed by atoms with van der Waals surface area (Å²) in [5, 5.41) is 23.0. The van der Waals surface area contributed by atoms with Crippen molar-refractivity contribution in [2.75, 3.05) is 13.2 Å². The van der Waals surface area contributed by atoms with Gasteiger partial charge in [-0.3, -0.25) is 5.32 Å². The fourth-order valence-electron chi connectivity index (χ4n) is 2.98. The molecule has 0 aliphatic rings. The van der Waals surface area contributed by atoms with Crippen molar-refractivity contribution in [3.05, 3.63) is 88.9 Å². The van der Waals surface area contributed by atoms with Crippen LogP contribution in [0.3, 0.4) is 0 Å². The number of sulfone groups is 1. The van der Waals surface area contributed by atoms with Gasteiger partial charge in [0.2, 0.25) is 9.84 Å². The van der Waals surface area contributed by atoms with Crippen LogP contribution in [0.5, 0.6) is 5.75 Å². The van der Waals surface area contributed by atoms with Crippen LogP contribution in [0.1, 0.15) is 22.8 Å². The molecule has 3 N–H and O–H groups in total. The molecule has 1 atom stereocenters. The number of nitrogens with one attached hydrogen (secondary N) is 1. The average Bonchev–Trinajstić information content (AvgIpc) is 2.77. The topological polar surface area (TPSA) is 113 Å². The quantitative estimate of drug-likeness (QED) is 0.319. The maximum atomic E-state index is 12.7. The molecule has 0 fully saturated rings. The van der Waals surface area contributed by atoms with Gasteiger partial charge in [-0.15, -0.1) is 0 Å². The Morgan fingerprint density at radius 1 is 1.03 bits per heavy atom. The summed E-state index contributed by atoms with van der Waals surface area (Å²) >= 11 is 5.97. The van der Waals surface area contributed by atoms with E-state index in [0.717, 1.165) is 0 Å². The van der Waals surface area contributed by atoms with E-state index in [1.54, 1.807) is 31.2 Å². The number of carboxylic acid groups (broad SMARTS) is 1. The molecule has 9 heteroatoms. The molecule has 0 aliphatic carbocycles. The van der Waals surface area contributed by atoms with E-state index in [2.05, 4.69) is 5.32 Å². The van der Waals surface area contributed by atoms with Crippen LogP contribution in [-0.2, 0) is 15.6 Å². The zero-order valence-corrected chi connectivity index (χ0v) is 18.7. The van der Waals surface area contributed by atoms with E-state index >= 15 is 0 Å². The molecule has 0 bridgehead atoms. The van der Waals surface area contributed by atoms with Crippen molar-refractivity contribution in [3.63, 3.8) is 0 Å². The van der Waals surface area contributed by atoms with Gasteiger partial charge in [-0.1, -0.05) is 23.7 Å². The van der Waals surface area contributed by atoms with Gasteiger partial charge in [-0.05, 0) is 73.2 Å². The predicted molar refractivity (Wildman–Crippen MR) is 120 cm³/mol. The lowest BCUT2D eigenvalue weighted by atomic mass is 10.1. The molecule has 168 valence electrons. The van der Waals surface area contributed by atoms with Gasteiger partial charge in [0, 0.05) is 11.6 Å². The summed E-state index contributed by atoms with van der Waals surface area (Å²) in [6.45, 7) is 2.18. The fourth-order valence-corrected chi connectivity index (χ4v) is 4.44. The Morgan fingerprint density at radius 2 is 1.62 bits per heavy atom. The van der Waals surface area contributed by atoms with Crippen molar-refractivity contribution in [2.45, 2.75) is 22.4 Å². The minimum Gasteiger partial charge on any atom is -0.492 e. The number of hydrogen-bond acceptors (Lipinski definition) is 6. The first-order chi connectivity index (χ1) is 15.1. The Balaban J connectivity index is 1.58. The normalized spacial score (nSPS) is 13.3. The molecule has 7 nitrogen and oxygen atoms in total. The first-order valence-corrected chi connectivity index (χ1v) is 11.5. The van der Waals surface area contributed by atoms with Crippen LogP contribution >= 0.6 is 11.6 Å². The highest BCUT2D eigenvalue weighted by molar-refractivity contribution is 7.91. The van der Waals surface area contributed by atoms with E-state index < -0.39 is 21.5 Å². The van der Waals surface area contributed by atoms with Crippen molar-refractivity contribution < 1.29 is 28.2 Å². The van der Waals surface area contributed by atoms with E-state index in [-0.39, 0.29) is 22.0 Å². The van der Waals surface area contributed by atoms with E-state index in [1.807, 2.05) is 0 Å². The van der Waals surface area contributed by atoms with Crippen LogP contribution in [-0.4, -0.2) is 37.8 Å². The van der Waals surface area contributed by atoms with Gasteiger partial charge in [0.15, 0.2) is 0 Å². The van der Waals surface area contributed by atoms with Crippen LogP contribution in [0.25, 0.3) is 0 Å². The molecule has 0 aromatic heterocycles. The highest BCUT2D eigenvalue weighted by atomic mass is 35.5. The molecular weight excluding hydrogens is 454 g/mol. The van der Waals surface area contributed by atoms with E-state index in [4.69, 9.17) is 21.4 Å². The maximum absolute atomic E-state index is 12.7. The second-order valence-electron chi connectivity index (χ2n) is 7.16. The molecule has 0 heterocycles. The number of halogens is 1. The smallest absolute Gasteiger partial charge is 0.335 e. The number of aliphatic hydroxyl groups is 1. The molecular formula is C23H22ClNO6S. The Bertz CT molecular complexity index is 1190. The minimum atomic E-state index is -3.78. The van der Waals surface area contributed by atoms with Gasteiger partial charge in [-0.25, -0.2) is 13.2 Å². The monoisotopic (exact) mass is 475 g/mol. The van der Waals surface area contributed by atoms with Crippen LogP contribution in [0, 0.1) is 0 Å². The van der Waals surface area contributed by atoms with Gasteiger partial charge < -0.3 is 14.9 Å². The van der Waals surface area contributed by atoms with E-state index in [0.29, 0.717) is 22.9 Å². The molecule has 0 saturated heterocycles. The Kier molecular flexibility index (Phi) is 7.20. The third-order valence-electron chi connectivity index (χ3n) is 4.77. The lowest BCUT2D eigenvalue weighted by molar-refractivity contribution is 0.0169. The molecule has 3 aromatic carbocycles. The van der Waals surface area contributed by atoms with Crippen LogP contribution in [0.2, 0.25) is 5.02 Å². The number of carboxylic acids is 1. The number of rotatable bonds is 9. The first-order valence-electron chi connectivity index (χ1n) is 9.64. The van der Waals surface area contributed by atoms with Crippen LogP contribution in [0.15, 0.2) is 82.6 Å². The molecule has 32 heavy (non-hydrogen) atoms. The fraction of sp³-hybridized carbons (Fsp3) is 0.174. The van der Waals surface area contributed by atoms with Crippen molar-refractivity contribution in [1.82, 2.24) is 5.32 Å². The lowest BCUT2D eigenvalue weighted by Gasteiger charge is -2.25. The van der Waals surface area contributed by atoms with E-state index in [9.17, 15) is 18.3 Å². The predicted octanol–water partition coefficient (Wildman–Crippen LogP) is 3.70. The van der Waals surface area contributed by atoms with Crippen LogP contribution < -0.4 is 10.1 Å². The average molecular weight is 476 g/mol. The summed E-state index contributed by atoms with van der Waals surface area (Å²) < 4.78 is 31.1. The Labute approximate surface area is 191 Å². The van der Waals surface area contributed by atoms with Crippen molar-refractivity contribution in [1.29, 1.82) is 0 Å². The number of ether oxygens (including phenoxy) is 1. The number of aromatic carboxylic acids is 1. The molecule has 3 aromatic rings. The largest absolute Gasteiger partial charge is 0.492 e. The highest BCUT2D eigenvalue weighted by Gasteiger charge is 2.22. The summed E-state index contributed by atoms with van der Waals surface area (Å²) in [5.74, 6) is -0.659. The maximum Gasteiger partial charge on any atom is 0.335 e. The second-order valence-corrected chi connectivity index (χ2v) is 9.55. The molecule has 0 amide bonds. The molecule has 0 saturated carbocycles. The van der Waals surface area contributed by atoms with Gasteiger partial charge in [0.05, 0.1) is 15.4 Å². The third kappa shape index (κ3) is 5.66. The first kappa shape index (κ1) is 23.7. The van der Waals surface area contributed by atoms with Gasteiger partial charge in [0.1, 0.15) is 18.1 Å². The summed E-state index contributed by atoms with van der Waals surface area (Å²) in [5.41, 5.74) is -0.658. The standard InChI is InChI=1S/C23H22ClNO6S/c1-23(28,17-3-2-4-18(24)15-17)25-13-14-31-19-7-11-21(12-8-19)32(29,30)20-9-5-16(6-10-20)22(26)27/h2-12,15,25,28H,13-14H2,1H3,(H,26,27)/t23-/m0/s1. The summed E-state index contributed by atoms with van der Waals surface area (Å²) in [7, 11) is -3.78. The molecule has 0 radical (unpaired) electrons. The Hall–Kier alpha value is -2.91. The third-order valence-corrected chi connectivity index (χ3v) is 6.79. The van der Waals surface area contributed by atoms with Gasteiger partial charge in [0.25, 0.3) is 0 Å². The molecule has 3 rings (SSSR count). The zero-order valence-electron chi connectivity index (χ0n) is 17.2. The SMILES string of the molecule is C[C@@](O)(NCCOc1ccc(S(=O)(=O)c2ccc(C(=O)O)cc2)cc1)c1cccc(Cl)c1. The minimum absolute atomic E-state index is 0.00335.